The maximum Gasteiger partial charge on any atom is 0.322 e. The zero-order valence-electron chi connectivity index (χ0n) is 17.8. The molecule has 3 aromatic rings. The number of urea groups is 1. The van der Waals surface area contributed by atoms with Crippen LogP contribution < -0.4 is 15.4 Å². The van der Waals surface area contributed by atoms with Gasteiger partial charge in [-0.1, -0.05) is 60.7 Å². The molecule has 2 aliphatic heterocycles. The highest BCUT2D eigenvalue weighted by molar-refractivity contribution is 5.92. The second-order valence-electron chi connectivity index (χ2n) is 8.29. The third-order valence-corrected chi connectivity index (χ3v) is 6.59. The van der Waals surface area contributed by atoms with Gasteiger partial charge in [-0.05, 0) is 41.3 Å². The molecule has 3 atom stereocenters. The average molecular weight is 414 g/mol. The Morgan fingerprint density at radius 1 is 0.968 bits per heavy atom. The van der Waals surface area contributed by atoms with Gasteiger partial charge < -0.3 is 20.3 Å². The molecule has 2 heterocycles. The van der Waals surface area contributed by atoms with Crippen molar-refractivity contribution in [3.63, 3.8) is 0 Å². The smallest absolute Gasteiger partial charge is 0.322 e. The summed E-state index contributed by atoms with van der Waals surface area (Å²) in [5.74, 6) is 1.03. The molecule has 0 saturated carbocycles. The molecule has 2 saturated heterocycles. The van der Waals surface area contributed by atoms with Crippen LogP contribution in [0, 0.1) is 6.92 Å². The number of carbonyl (C=O) groups is 1. The standard InChI is InChI=1S/C26H27N3O2/c1-17-7-3-4-8-20(17)18-11-13-19(14-12-18)25-22-15-27-16-23(25)29(22)26(30)28-21-9-5-6-10-24(21)31-2/h3-14,22-23,25,27H,15-16H2,1-2H3,(H,28,30)/t22-,23+,25?. The summed E-state index contributed by atoms with van der Waals surface area (Å²) in [4.78, 5) is 15.1. The van der Waals surface area contributed by atoms with Crippen LogP contribution in [0.3, 0.4) is 0 Å². The lowest BCUT2D eigenvalue weighted by atomic mass is 9.72. The van der Waals surface area contributed by atoms with E-state index in [-0.39, 0.29) is 18.1 Å². The summed E-state index contributed by atoms with van der Waals surface area (Å²) in [6.07, 6.45) is 0. The summed E-state index contributed by atoms with van der Waals surface area (Å²) < 4.78 is 5.37. The molecule has 2 fully saturated rings. The molecule has 1 unspecified atom stereocenters. The summed E-state index contributed by atoms with van der Waals surface area (Å²) in [6, 6.07) is 25.1. The van der Waals surface area contributed by atoms with E-state index in [1.165, 1.54) is 22.3 Å². The number of para-hydroxylation sites is 2. The molecule has 2 amide bonds. The quantitative estimate of drug-likeness (QED) is 0.655. The van der Waals surface area contributed by atoms with Crippen LogP contribution in [0.4, 0.5) is 10.5 Å². The third kappa shape index (κ3) is 3.45. The first-order valence-corrected chi connectivity index (χ1v) is 10.8. The number of piperidine rings is 1. The van der Waals surface area contributed by atoms with Crippen LogP contribution in [0.15, 0.2) is 72.8 Å². The van der Waals surface area contributed by atoms with E-state index >= 15 is 0 Å². The highest BCUT2D eigenvalue weighted by Gasteiger charge is 2.53. The number of nitrogens with one attached hydrogen (secondary N) is 2. The minimum absolute atomic E-state index is 0.0613. The number of hydrogen-bond donors (Lipinski definition) is 2. The predicted octanol–water partition coefficient (Wildman–Crippen LogP) is 4.64. The number of fused-ring (bicyclic) bond motifs is 2. The number of aryl methyl sites for hydroxylation is 1. The average Bonchev–Trinajstić information content (AvgIpc) is 2.81. The van der Waals surface area contributed by atoms with E-state index in [4.69, 9.17) is 4.74 Å². The van der Waals surface area contributed by atoms with Gasteiger partial charge in [-0.25, -0.2) is 4.79 Å². The van der Waals surface area contributed by atoms with E-state index < -0.39 is 0 Å². The van der Waals surface area contributed by atoms with Gasteiger partial charge in [0.1, 0.15) is 5.75 Å². The van der Waals surface area contributed by atoms with Gasteiger partial charge in [0.25, 0.3) is 0 Å². The number of hydrogen-bond acceptors (Lipinski definition) is 3. The summed E-state index contributed by atoms with van der Waals surface area (Å²) in [5.41, 5.74) is 5.78. The van der Waals surface area contributed by atoms with Crippen LogP contribution in [-0.4, -0.2) is 43.2 Å². The largest absolute Gasteiger partial charge is 0.495 e. The van der Waals surface area contributed by atoms with Gasteiger partial charge in [-0.3, -0.25) is 0 Å². The molecule has 5 rings (SSSR count). The summed E-state index contributed by atoms with van der Waals surface area (Å²) >= 11 is 0. The Morgan fingerprint density at radius 3 is 2.35 bits per heavy atom. The van der Waals surface area contributed by atoms with Gasteiger partial charge in [0, 0.05) is 19.0 Å². The highest BCUT2D eigenvalue weighted by atomic mass is 16.5. The number of benzene rings is 3. The number of anilines is 1. The fraction of sp³-hybridized carbons (Fsp3) is 0.269. The fourth-order valence-corrected chi connectivity index (χ4v) is 5.03. The molecule has 2 N–H and O–H groups in total. The van der Waals surface area contributed by atoms with Crippen LogP contribution in [-0.2, 0) is 0 Å². The Morgan fingerprint density at radius 2 is 1.65 bits per heavy atom. The Balaban J connectivity index is 1.33. The minimum atomic E-state index is -0.0613. The molecule has 5 heteroatoms. The van der Waals surface area contributed by atoms with Crippen molar-refractivity contribution in [2.24, 2.45) is 0 Å². The van der Waals surface area contributed by atoms with E-state index in [9.17, 15) is 4.79 Å². The maximum atomic E-state index is 13.1. The minimum Gasteiger partial charge on any atom is -0.495 e. The molecular formula is C26H27N3O2. The van der Waals surface area contributed by atoms with Gasteiger partial charge in [0.05, 0.1) is 24.9 Å². The number of carbonyl (C=O) groups excluding carboxylic acids is 1. The first-order chi connectivity index (χ1) is 15.2. The molecule has 0 aromatic heterocycles. The second kappa shape index (κ2) is 8.08. The zero-order chi connectivity index (χ0) is 21.4. The van der Waals surface area contributed by atoms with Crippen molar-refractivity contribution in [3.05, 3.63) is 83.9 Å². The molecule has 0 spiro atoms. The van der Waals surface area contributed by atoms with E-state index in [1.54, 1.807) is 7.11 Å². The monoisotopic (exact) mass is 413 g/mol. The first kappa shape index (κ1) is 19.6. The molecule has 0 radical (unpaired) electrons. The van der Waals surface area contributed by atoms with E-state index in [0.29, 0.717) is 17.4 Å². The lowest BCUT2D eigenvalue weighted by Gasteiger charge is -2.59. The molecule has 2 bridgehead atoms. The summed E-state index contributed by atoms with van der Waals surface area (Å²) in [5, 5.41) is 6.49. The van der Waals surface area contributed by atoms with Crippen molar-refractivity contribution in [1.29, 1.82) is 0 Å². The van der Waals surface area contributed by atoms with Crippen molar-refractivity contribution < 1.29 is 9.53 Å². The molecule has 3 aromatic carbocycles. The third-order valence-electron chi connectivity index (χ3n) is 6.59. The number of amides is 2. The van der Waals surface area contributed by atoms with Gasteiger partial charge in [0.15, 0.2) is 0 Å². The van der Waals surface area contributed by atoms with Gasteiger partial charge in [-0.2, -0.15) is 0 Å². The number of nitrogens with zero attached hydrogens (tertiary/aromatic N) is 1. The SMILES string of the molecule is COc1ccccc1NC(=O)N1[C@@H]2CNC[C@H]1C2c1ccc(-c2ccccc2C)cc1. The molecule has 31 heavy (non-hydrogen) atoms. The van der Waals surface area contributed by atoms with Crippen molar-refractivity contribution in [1.82, 2.24) is 10.2 Å². The Bertz CT molecular complexity index is 1080. The van der Waals surface area contributed by atoms with Crippen LogP contribution in [0.5, 0.6) is 5.75 Å². The molecule has 5 nitrogen and oxygen atoms in total. The van der Waals surface area contributed by atoms with E-state index in [0.717, 1.165) is 13.1 Å². The number of ether oxygens (including phenoxy) is 1. The Kier molecular flexibility index (Phi) is 5.12. The van der Waals surface area contributed by atoms with Crippen molar-refractivity contribution in [2.45, 2.75) is 24.9 Å². The van der Waals surface area contributed by atoms with Crippen molar-refractivity contribution in [3.8, 4) is 16.9 Å². The molecular weight excluding hydrogens is 386 g/mol. The van der Waals surface area contributed by atoms with Crippen LogP contribution in [0.2, 0.25) is 0 Å². The Hall–Kier alpha value is -3.31. The topological polar surface area (TPSA) is 53.6 Å². The van der Waals surface area contributed by atoms with Crippen LogP contribution >= 0.6 is 0 Å². The highest BCUT2D eigenvalue weighted by Crippen LogP contribution is 2.43. The summed E-state index contributed by atoms with van der Waals surface area (Å²) in [6.45, 7) is 3.75. The lowest BCUT2D eigenvalue weighted by molar-refractivity contribution is 0.00200. The van der Waals surface area contributed by atoms with E-state index in [1.807, 2.05) is 29.2 Å². The van der Waals surface area contributed by atoms with Gasteiger partial charge in [-0.15, -0.1) is 0 Å². The summed E-state index contributed by atoms with van der Waals surface area (Å²) in [7, 11) is 1.61. The maximum absolute atomic E-state index is 13.1. The van der Waals surface area contributed by atoms with Crippen LogP contribution in [0.25, 0.3) is 11.1 Å². The van der Waals surface area contributed by atoms with E-state index in [2.05, 4.69) is 66.1 Å². The van der Waals surface area contributed by atoms with Gasteiger partial charge >= 0.3 is 6.03 Å². The van der Waals surface area contributed by atoms with Crippen LogP contribution in [0.1, 0.15) is 17.0 Å². The first-order valence-electron chi connectivity index (χ1n) is 10.8. The lowest BCUT2D eigenvalue weighted by Crippen LogP contribution is -2.74. The second-order valence-corrected chi connectivity index (χ2v) is 8.29. The molecule has 0 aliphatic carbocycles. The number of piperazine rings is 1. The fourth-order valence-electron chi connectivity index (χ4n) is 5.03. The normalized spacial score (nSPS) is 21.9. The molecule has 2 aliphatic rings. The number of methoxy groups -OCH3 is 1. The predicted molar refractivity (Wildman–Crippen MR) is 124 cm³/mol. The van der Waals surface area contributed by atoms with Gasteiger partial charge in [0.2, 0.25) is 0 Å². The van der Waals surface area contributed by atoms with Crippen molar-refractivity contribution >= 4 is 11.7 Å². The number of rotatable bonds is 4. The molecule has 158 valence electrons. The zero-order valence-corrected chi connectivity index (χ0v) is 17.8. The van der Waals surface area contributed by atoms with Crippen molar-refractivity contribution in [2.75, 3.05) is 25.5 Å². The Labute approximate surface area is 183 Å².